The fourth-order valence-electron chi connectivity index (χ4n) is 2.30. The Hall–Kier alpha value is -1.73. The Morgan fingerprint density at radius 1 is 1.27 bits per heavy atom. The van der Waals surface area contributed by atoms with Crippen molar-refractivity contribution in [2.45, 2.75) is 6.92 Å². The van der Waals surface area contributed by atoms with Crippen molar-refractivity contribution in [2.24, 2.45) is 7.05 Å². The monoisotopic (exact) mass is 422 g/mol. The molecule has 2 heterocycles. The molecule has 2 aromatic heterocycles. The van der Waals surface area contributed by atoms with Gasteiger partial charge in [-0.25, -0.2) is 0 Å². The minimum absolute atomic E-state index is 0.232. The van der Waals surface area contributed by atoms with Gasteiger partial charge >= 0.3 is 0 Å². The lowest BCUT2D eigenvalue weighted by Crippen LogP contribution is -2.17. The number of pyridine rings is 1. The SMILES string of the molecule is Cc1nn(C)c(C(=O)Nc2ccc(Br)c3cccnc23)c1Br. The average molecular weight is 424 g/mol. The van der Waals surface area contributed by atoms with E-state index in [0.717, 1.165) is 21.1 Å². The maximum atomic E-state index is 12.6. The highest BCUT2D eigenvalue weighted by Crippen LogP contribution is 2.29. The first-order chi connectivity index (χ1) is 10.5. The third-order valence-electron chi connectivity index (χ3n) is 3.33. The van der Waals surface area contributed by atoms with E-state index in [9.17, 15) is 4.79 Å². The zero-order valence-electron chi connectivity index (χ0n) is 11.9. The number of benzene rings is 1. The molecule has 0 aliphatic rings. The van der Waals surface area contributed by atoms with E-state index in [1.807, 2.05) is 31.2 Å². The van der Waals surface area contributed by atoms with Crippen molar-refractivity contribution < 1.29 is 4.79 Å². The molecule has 0 aliphatic carbocycles. The van der Waals surface area contributed by atoms with Crippen molar-refractivity contribution >= 4 is 54.4 Å². The molecule has 0 spiro atoms. The average Bonchev–Trinajstić information content (AvgIpc) is 2.75. The Kier molecular flexibility index (Phi) is 4.01. The van der Waals surface area contributed by atoms with Gasteiger partial charge in [-0.1, -0.05) is 22.0 Å². The number of aromatic nitrogens is 3. The standard InChI is InChI=1S/C15H12Br2N4O/c1-8-12(17)14(21(2)20-8)15(22)19-11-6-5-10(16)9-4-3-7-18-13(9)11/h3-7H,1-2H3,(H,19,22). The van der Waals surface area contributed by atoms with Gasteiger partial charge < -0.3 is 5.32 Å². The molecule has 0 fully saturated rings. The minimum atomic E-state index is -0.232. The fraction of sp³-hybridized carbons (Fsp3) is 0.133. The maximum Gasteiger partial charge on any atom is 0.275 e. The van der Waals surface area contributed by atoms with E-state index in [0.29, 0.717) is 15.9 Å². The summed E-state index contributed by atoms with van der Waals surface area (Å²) in [5.74, 6) is -0.232. The Balaban J connectivity index is 2.04. The molecule has 1 amide bonds. The van der Waals surface area contributed by atoms with Gasteiger partial charge in [0.15, 0.2) is 0 Å². The molecule has 0 saturated heterocycles. The topological polar surface area (TPSA) is 59.8 Å². The number of carbonyl (C=O) groups is 1. The van der Waals surface area contributed by atoms with Crippen LogP contribution < -0.4 is 5.32 Å². The van der Waals surface area contributed by atoms with Crippen LogP contribution in [0.1, 0.15) is 16.2 Å². The predicted octanol–water partition coefficient (Wildman–Crippen LogP) is 4.05. The largest absolute Gasteiger partial charge is 0.319 e. The number of halogens is 2. The normalized spacial score (nSPS) is 10.9. The summed E-state index contributed by atoms with van der Waals surface area (Å²) < 4.78 is 3.19. The van der Waals surface area contributed by atoms with Gasteiger partial charge in [-0.3, -0.25) is 14.5 Å². The Labute approximate surface area is 144 Å². The van der Waals surface area contributed by atoms with Crippen LogP contribution in [-0.4, -0.2) is 20.7 Å². The van der Waals surface area contributed by atoms with Crippen molar-refractivity contribution in [3.8, 4) is 0 Å². The summed E-state index contributed by atoms with van der Waals surface area (Å²) in [5, 5.41) is 8.09. The Morgan fingerprint density at radius 2 is 2.05 bits per heavy atom. The van der Waals surface area contributed by atoms with Crippen LogP contribution in [0.15, 0.2) is 39.4 Å². The number of hydrogen-bond donors (Lipinski definition) is 1. The van der Waals surface area contributed by atoms with Gasteiger partial charge in [0, 0.05) is 23.1 Å². The molecule has 0 unspecified atom stereocenters. The van der Waals surface area contributed by atoms with Gasteiger partial charge in [0.2, 0.25) is 0 Å². The van der Waals surface area contributed by atoms with Crippen LogP contribution >= 0.6 is 31.9 Å². The Morgan fingerprint density at radius 3 is 2.73 bits per heavy atom. The second-order valence-corrected chi connectivity index (χ2v) is 6.47. The van der Waals surface area contributed by atoms with E-state index < -0.39 is 0 Å². The third-order valence-corrected chi connectivity index (χ3v) is 4.97. The second kappa shape index (κ2) is 5.81. The zero-order chi connectivity index (χ0) is 15.9. The quantitative estimate of drug-likeness (QED) is 0.676. The molecule has 0 radical (unpaired) electrons. The summed E-state index contributed by atoms with van der Waals surface area (Å²) in [6.07, 6.45) is 1.70. The highest BCUT2D eigenvalue weighted by atomic mass is 79.9. The molecule has 0 bridgehead atoms. The molecule has 7 heteroatoms. The van der Waals surface area contributed by atoms with Gasteiger partial charge in [-0.2, -0.15) is 5.10 Å². The van der Waals surface area contributed by atoms with Crippen LogP contribution in [0.3, 0.4) is 0 Å². The Bertz CT molecular complexity index is 889. The van der Waals surface area contributed by atoms with E-state index in [1.165, 1.54) is 0 Å². The lowest BCUT2D eigenvalue weighted by molar-refractivity contribution is 0.101. The van der Waals surface area contributed by atoms with Crippen LogP contribution in [0.5, 0.6) is 0 Å². The number of fused-ring (bicyclic) bond motifs is 1. The summed E-state index contributed by atoms with van der Waals surface area (Å²) >= 11 is 6.90. The lowest BCUT2D eigenvalue weighted by Gasteiger charge is -2.09. The second-order valence-electron chi connectivity index (χ2n) is 4.82. The molecule has 0 saturated carbocycles. The summed E-state index contributed by atoms with van der Waals surface area (Å²) in [7, 11) is 1.74. The van der Waals surface area contributed by atoms with Gasteiger partial charge in [-0.05, 0) is 41.1 Å². The summed E-state index contributed by atoms with van der Waals surface area (Å²) in [6.45, 7) is 1.84. The highest BCUT2D eigenvalue weighted by Gasteiger charge is 2.19. The van der Waals surface area contributed by atoms with Gasteiger partial charge in [0.1, 0.15) is 5.69 Å². The third kappa shape index (κ3) is 2.55. The molecule has 3 rings (SSSR count). The predicted molar refractivity (Wildman–Crippen MR) is 93.0 cm³/mol. The smallest absolute Gasteiger partial charge is 0.275 e. The zero-order valence-corrected chi connectivity index (χ0v) is 15.1. The number of carbonyl (C=O) groups excluding carboxylic acids is 1. The van der Waals surface area contributed by atoms with Crippen molar-refractivity contribution in [2.75, 3.05) is 5.32 Å². The maximum absolute atomic E-state index is 12.6. The van der Waals surface area contributed by atoms with Crippen LogP contribution in [0, 0.1) is 6.92 Å². The number of aryl methyl sites for hydroxylation is 2. The first-order valence-corrected chi connectivity index (χ1v) is 8.11. The molecule has 0 aliphatic heterocycles. The number of rotatable bonds is 2. The van der Waals surface area contributed by atoms with Crippen LogP contribution in [-0.2, 0) is 7.05 Å². The van der Waals surface area contributed by atoms with Crippen molar-refractivity contribution in [1.29, 1.82) is 0 Å². The molecule has 22 heavy (non-hydrogen) atoms. The number of nitrogens with zero attached hydrogens (tertiary/aromatic N) is 3. The van der Waals surface area contributed by atoms with Crippen LogP contribution in [0.4, 0.5) is 5.69 Å². The van der Waals surface area contributed by atoms with Crippen molar-refractivity contribution in [3.05, 3.63) is 50.8 Å². The molecule has 1 N–H and O–H groups in total. The molecule has 5 nitrogen and oxygen atoms in total. The van der Waals surface area contributed by atoms with E-state index >= 15 is 0 Å². The van der Waals surface area contributed by atoms with Crippen LogP contribution in [0.25, 0.3) is 10.9 Å². The first kappa shape index (κ1) is 15.2. The molecule has 3 aromatic rings. The fourth-order valence-corrected chi connectivity index (χ4v) is 3.27. The van der Waals surface area contributed by atoms with E-state index in [2.05, 4.69) is 47.3 Å². The van der Waals surface area contributed by atoms with Gasteiger partial charge in [0.25, 0.3) is 5.91 Å². The number of anilines is 1. The van der Waals surface area contributed by atoms with Gasteiger partial charge in [-0.15, -0.1) is 0 Å². The molecular formula is C15H12Br2N4O. The lowest BCUT2D eigenvalue weighted by atomic mass is 10.2. The highest BCUT2D eigenvalue weighted by molar-refractivity contribution is 9.11. The number of amides is 1. The van der Waals surface area contributed by atoms with Crippen molar-refractivity contribution in [1.82, 2.24) is 14.8 Å². The molecule has 0 atom stereocenters. The van der Waals surface area contributed by atoms with E-state index in [-0.39, 0.29) is 5.91 Å². The first-order valence-electron chi connectivity index (χ1n) is 6.52. The summed E-state index contributed by atoms with van der Waals surface area (Å²) in [5.41, 5.74) is 2.64. The minimum Gasteiger partial charge on any atom is -0.319 e. The molecule has 112 valence electrons. The van der Waals surface area contributed by atoms with E-state index in [1.54, 1.807) is 17.9 Å². The van der Waals surface area contributed by atoms with E-state index in [4.69, 9.17) is 0 Å². The number of nitrogens with one attached hydrogen (secondary N) is 1. The van der Waals surface area contributed by atoms with Gasteiger partial charge in [0.05, 0.1) is 21.4 Å². The molecule has 1 aromatic carbocycles. The number of hydrogen-bond acceptors (Lipinski definition) is 3. The van der Waals surface area contributed by atoms with Crippen molar-refractivity contribution in [3.63, 3.8) is 0 Å². The summed E-state index contributed by atoms with van der Waals surface area (Å²) in [6, 6.07) is 7.53. The summed E-state index contributed by atoms with van der Waals surface area (Å²) in [4.78, 5) is 16.9. The van der Waals surface area contributed by atoms with Crippen LogP contribution in [0.2, 0.25) is 0 Å². The molecular weight excluding hydrogens is 412 g/mol.